The average molecular weight is 291 g/mol. The summed E-state index contributed by atoms with van der Waals surface area (Å²) in [4.78, 5) is 5.71. The van der Waals surface area contributed by atoms with E-state index in [1.54, 1.807) is 11.3 Å². The lowest BCUT2D eigenvalue weighted by Gasteiger charge is -2.22. The van der Waals surface area contributed by atoms with Crippen molar-refractivity contribution in [3.8, 4) is 0 Å². The molecule has 1 fully saturated rings. The monoisotopic (exact) mass is 291 g/mol. The second kappa shape index (κ2) is 6.08. The van der Waals surface area contributed by atoms with E-state index in [0.29, 0.717) is 12.0 Å². The van der Waals surface area contributed by atoms with Crippen LogP contribution in [-0.4, -0.2) is 22.8 Å². The van der Waals surface area contributed by atoms with Gasteiger partial charge in [0.25, 0.3) is 0 Å². The Hall–Kier alpha value is -1.17. The van der Waals surface area contributed by atoms with Crippen molar-refractivity contribution in [2.45, 2.75) is 31.8 Å². The highest BCUT2D eigenvalue weighted by Crippen LogP contribution is 2.29. The van der Waals surface area contributed by atoms with Crippen molar-refractivity contribution in [1.29, 1.82) is 0 Å². The molecule has 0 aliphatic carbocycles. The van der Waals surface area contributed by atoms with Crippen LogP contribution >= 0.6 is 11.3 Å². The summed E-state index contributed by atoms with van der Waals surface area (Å²) in [5.74, 6) is 0.416. The minimum Gasteiger partial charge on any atom is -0.381 e. The minimum atomic E-state index is 0.0192. The first-order valence-electron chi connectivity index (χ1n) is 7.13. The van der Waals surface area contributed by atoms with Crippen molar-refractivity contribution in [2.75, 3.05) is 13.2 Å². The van der Waals surface area contributed by atoms with Gasteiger partial charge in [-0.3, -0.25) is 0 Å². The molecule has 0 amide bonds. The van der Waals surface area contributed by atoms with E-state index in [2.05, 4.69) is 34.0 Å². The standard InChI is InChI=1S/C15H21N3OS/c1-11(7-13-3-2-6-20-13)18-10-17-8-14(18)15(16)12-4-5-19-9-12/h2-3,6,8,10-12,15H,4-5,7,9,16H2,1H3. The van der Waals surface area contributed by atoms with Gasteiger partial charge in [-0.1, -0.05) is 6.07 Å². The zero-order chi connectivity index (χ0) is 13.9. The largest absolute Gasteiger partial charge is 0.381 e. The van der Waals surface area contributed by atoms with Crippen LogP contribution in [0.25, 0.3) is 0 Å². The van der Waals surface area contributed by atoms with Crippen LogP contribution in [0.3, 0.4) is 0 Å². The highest BCUT2D eigenvalue weighted by atomic mass is 32.1. The third-order valence-electron chi connectivity index (χ3n) is 4.06. The summed E-state index contributed by atoms with van der Waals surface area (Å²) in [6.45, 7) is 3.83. The van der Waals surface area contributed by atoms with E-state index in [1.807, 2.05) is 12.5 Å². The Balaban J connectivity index is 1.75. The Labute approximate surface area is 123 Å². The maximum absolute atomic E-state index is 6.42. The van der Waals surface area contributed by atoms with Gasteiger partial charge in [-0.2, -0.15) is 0 Å². The van der Waals surface area contributed by atoms with Gasteiger partial charge in [0.05, 0.1) is 24.7 Å². The molecule has 20 heavy (non-hydrogen) atoms. The molecule has 1 saturated heterocycles. The number of nitrogens with zero attached hydrogens (tertiary/aromatic N) is 2. The molecule has 5 heteroatoms. The SMILES string of the molecule is CC(Cc1cccs1)n1cncc1C(N)C1CCOC1. The number of hydrogen-bond donors (Lipinski definition) is 1. The van der Waals surface area contributed by atoms with E-state index in [-0.39, 0.29) is 6.04 Å². The molecule has 0 aromatic carbocycles. The predicted molar refractivity (Wildman–Crippen MR) is 80.8 cm³/mol. The van der Waals surface area contributed by atoms with E-state index in [1.165, 1.54) is 4.88 Å². The van der Waals surface area contributed by atoms with E-state index in [0.717, 1.165) is 31.7 Å². The molecule has 0 bridgehead atoms. The molecule has 4 nitrogen and oxygen atoms in total. The summed E-state index contributed by atoms with van der Waals surface area (Å²) >= 11 is 1.80. The third-order valence-corrected chi connectivity index (χ3v) is 4.96. The summed E-state index contributed by atoms with van der Waals surface area (Å²) in [7, 11) is 0. The van der Waals surface area contributed by atoms with Crippen molar-refractivity contribution in [3.63, 3.8) is 0 Å². The molecule has 0 saturated carbocycles. The van der Waals surface area contributed by atoms with Crippen molar-refractivity contribution in [2.24, 2.45) is 11.7 Å². The summed E-state index contributed by atoms with van der Waals surface area (Å²) in [5, 5.41) is 2.12. The second-order valence-electron chi connectivity index (χ2n) is 5.51. The summed E-state index contributed by atoms with van der Waals surface area (Å²) in [5.41, 5.74) is 7.55. The van der Waals surface area contributed by atoms with Crippen LogP contribution in [0.2, 0.25) is 0 Å². The second-order valence-corrected chi connectivity index (χ2v) is 6.54. The number of nitrogens with two attached hydrogens (primary N) is 1. The molecule has 108 valence electrons. The van der Waals surface area contributed by atoms with E-state index in [4.69, 9.17) is 10.5 Å². The molecule has 0 radical (unpaired) electrons. The lowest BCUT2D eigenvalue weighted by molar-refractivity contribution is 0.180. The van der Waals surface area contributed by atoms with Crippen molar-refractivity contribution < 1.29 is 4.74 Å². The van der Waals surface area contributed by atoms with Gasteiger partial charge in [0, 0.05) is 36.1 Å². The topological polar surface area (TPSA) is 53.1 Å². The van der Waals surface area contributed by atoms with E-state index < -0.39 is 0 Å². The lowest BCUT2D eigenvalue weighted by Crippen LogP contribution is -2.25. The Morgan fingerprint density at radius 2 is 2.50 bits per heavy atom. The number of hydrogen-bond acceptors (Lipinski definition) is 4. The molecule has 1 aliphatic heterocycles. The fraction of sp³-hybridized carbons (Fsp3) is 0.533. The molecular formula is C15H21N3OS. The van der Waals surface area contributed by atoms with Gasteiger partial charge in [-0.25, -0.2) is 4.98 Å². The van der Waals surface area contributed by atoms with Crippen LogP contribution in [0.15, 0.2) is 30.0 Å². The first-order chi connectivity index (χ1) is 9.75. The maximum Gasteiger partial charge on any atom is 0.0951 e. The zero-order valence-corrected chi connectivity index (χ0v) is 12.6. The third kappa shape index (κ3) is 2.80. The van der Waals surface area contributed by atoms with E-state index >= 15 is 0 Å². The van der Waals surface area contributed by atoms with Crippen LogP contribution in [-0.2, 0) is 11.2 Å². The average Bonchev–Trinajstić information content (AvgIpc) is 3.19. The number of ether oxygens (including phenoxy) is 1. The van der Waals surface area contributed by atoms with Gasteiger partial charge in [-0.05, 0) is 24.8 Å². The van der Waals surface area contributed by atoms with Crippen LogP contribution < -0.4 is 5.73 Å². The first kappa shape index (κ1) is 13.8. The van der Waals surface area contributed by atoms with Gasteiger partial charge < -0.3 is 15.0 Å². The molecule has 1 aliphatic rings. The summed E-state index contributed by atoms with van der Waals surface area (Å²) in [6.07, 6.45) is 5.89. The highest BCUT2D eigenvalue weighted by molar-refractivity contribution is 7.09. The van der Waals surface area contributed by atoms with Crippen LogP contribution in [0, 0.1) is 5.92 Å². The molecule has 0 spiro atoms. The molecule has 2 aromatic rings. The fourth-order valence-corrected chi connectivity index (χ4v) is 3.66. The van der Waals surface area contributed by atoms with E-state index in [9.17, 15) is 0 Å². The van der Waals surface area contributed by atoms with Crippen molar-refractivity contribution in [3.05, 3.63) is 40.6 Å². The number of aromatic nitrogens is 2. The van der Waals surface area contributed by atoms with Gasteiger partial charge in [0.1, 0.15) is 0 Å². The van der Waals surface area contributed by atoms with Gasteiger partial charge >= 0.3 is 0 Å². The Morgan fingerprint density at radius 1 is 1.60 bits per heavy atom. The fourth-order valence-electron chi connectivity index (χ4n) is 2.84. The Morgan fingerprint density at radius 3 is 3.20 bits per heavy atom. The van der Waals surface area contributed by atoms with Gasteiger partial charge in [0.15, 0.2) is 0 Å². The Kier molecular flexibility index (Phi) is 4.19. The predicted octanol–water partition coefficient (Wildman–Crippen LogP) is 2.78. The normalized spacial score (nSPS) is 22.0. The zero-order valence-electron chi connectivity index (χ0n) is 11.7. The molecule has 2 N–H and O–H groups in total. The van der Waals surface area contributed by atoms with Gasteiger partial charge in [0.2, 0.25) is 0 Å². The molecule has 2 aromatic heterocycles. The molecule has 3 unspecified atom stereocenters. The highest BCUT2D eigenvalue weighted by Gasteiger charge is 2.27. The van der Waals surface area contributed by atoms with Crippen LogP contribution in [0.5, 0.6) is 0 Å². The number of thiophene rings is 1. The Bertz CT molecular complexity index is 531. The smallest absolute Gasteiger partial charge is 0.0951 e. The minimum absolute atomic E-state index is 0.0192. The maximum atomic E-state index is 6.42. The molecule has 3 rings (SSSR count). The van der Waals surface area contributed by atoms with Gasteiger partial charge in [-0.15, -0.1) is 11.3 Å². The van der Waals surface area contributed by atoms with Crippen LogP contribution in [0.1, 0.15) is 36.0 Å². The number of imidazole rings is 1. The molecule has 3 heterocycles. The van der Waals surface area contributed by atoms with Crippen molar-refractivity contribution >= 4 is 11.3 Å². The van der Waals surface area contributed by atoms with Crippen molar-refractivity contribution in [1.82, 2.24) is 9.55 Å². The molecular weight excluding hydrogens is 270 g/mol. The molecule has 3 atom stereocenters. The lowest BCUT2D eigenvalue weighted by atomic mass is 9.97. The number of rotatable bonds is 5. The first-order valence-corrected chi connectivity index (χ1v) is 8.01. The van der Waals surface area contributed by atoms with Crippen LogP contribution in [0.4, 0.5) is 0 Å². The summed E-state index contributed by atoms with van der Waals surface area (Å²) in [6, 6.07) is 4.68. The summed E-state index contributed by atoms with van der Waals surface area (Å²) < 4.78 is 7.68. The quantitative estimate of drug-likeness (QED) is 0.921.